The Morgan fingerprint density at radius 1 is 1.15 bits per heavy atom. The van der Waals surface area contributed by atoms with E-state index in [0.29, 0.717) is 16.0 Å². The maximum atomic E-state index is 11.1. The molecule has 0 radical (unpaired) electrons. The van der Waals surface area contributed by atoms with Gasteiger partial charge in [-0.3, -0.25) is 9.79 Å². The van der Waals surface area contributed by atoms with Crippen molar-refractivity contribution in [1.82, 2.24) is 10.6 Å². The van der Waals surface area contributed by atoms with Gasteiger partial charge in [-0.1, -0.05) is 41.4 Å². The average molecular weight is 407 g/mol. The molecular formula is C20H24Cl2N4O. The molecule has 1 unspecified atom stereocenters. The van der Waals surface area contributed by atoms with Gasteiger partial charge < -0.3 is 16.0 Å². The van der Waals surface area contributed by atoms with Gasteiger partial charge in [0.1, 0.15) is 0 Å². The van der Waals surface area contributed by atoms with Crippen molar-refractivity contribution in [3.8, 4) is 0 Å². The fraction of sp³-hybridized carbons (Fsp3) is 0.300. The van der Waals surface area contributed by atoms with Crippen molar-refractivity contribution in [3.63, 3.8) is 0 Å². The first-order valence-electron chi connectivity index (χ1n) is 8.67. The Hall–Kier alpha value is -2.24. The fourth-order valence-corrected chi connectivity index (χ4v) is 3.19. The molecule has 0 aliphatic rings. The van der Waals surface area contributed by atoms with Gasteiger partial charge in [-0.25, -0.2) is 0 Å². The van der Waals surface area contributed by atoms with E-state index < -0.39 is 0 Å². The number of benzene rings is 2. The topological polar surface area (TPSA) is 65.5 Å². The summed E-state index contributed by atoms with van der Waals surface area (Å²) in [6.45, 7) is 4.23. The minimum absolute atomic E-state index is 0.0158. The second-order valence-electron chi connectivity index (χ2n) is 6.16. The van der Waals surface area contributed by atoms with E-state index in [0.717, 1.165) is 24.2 Å². The van der Waals surface area contributed by atoms with E-state index in [9.17, 15) is 4.79 Å². The Balaban J connectivity index is 1.85. The molecule has 1 amide bonds. The van der Waals surface area contributed by atoms with Gasteiger partial charge in [-0.05, 0) is 48.7 Å². The molecule has 0 aliphatic carbocycles. The summed E-state index contributed by atoms with van der Waals surface area (Å²) in [5, 5.41) is 10.6. The fourth-order valence-electron chi connectivity index (χ4n) is 2.61. The van der Waals surface area contributed by atoms with E-state index in [1.54, 1.807) is 13.1 Å². The standard InChI is InChI=1S/C20H24Cl2N4O/c1-13(18-9-6-16(21)12-19(18)22)25-20(23-3)24-11-10-15-4-7-17(8-5-15)26-14(2)27/h4-9,12-13H,10-11H2,1-3H3,(H,26,27)(H2,23,24,25). The summed E-state index contributed by atoms with van der Waals surface area (Å²) < 4.78 is 0. The number of carbonyl (C=O) groups excluding carboxylic acids is 1. The van der Waals surface area contributed by atoms with Gasteiger partial charge in [0.25, 0.3) is 0 Å². The van der Waals surface area contributed by atoms with Crippen LogP contribution in [0.1, 0.15) is 31.0 Å². The SMILES string of the molecule is CN=C(NCCc1ccc(NC(C)=O)cc1)NC(C)c1ccc(Cl)cc1Cl. The van der Waals surface area contributed by atoms with Crippen LogP contribution >= 0.6 is 23.2 Å². The van der Waals surface area contributed by atoms with Crippen molar-refractivity contribution in [1.29, 1.82) is 0 Å². The molecule has 0 spiro atoms. The molecule has 0 saturated heterocycles. The average Bonchev–Trinajstić information content (AvgIpc) is 2.61. The molecule has 7 heteroatoms. The number of hydrogen-bond acceptors (Lipinski definition) is 2. The lowest BCUT2D eigenvalue weighted by atomic mass is 10.1. The zero-order valence-electron chi connectivity index (χ0n) is 15.6. The number of anilines is 1. The third kappa shape index (κ3) is 6.77. The van der Waals surface area contributed by atoms with Crippen molar-refractivity contribution in [2.45, 2.75) is 26.3 Å². The van der Waals surface area contributed by atoms with E-state index in [1.165, 1.54) is 12.5 Å². The molecule has 0 saturated carbocycles. The van der Waals surface area contributed by atoms with Crippen LogP contribution in [0.5, 0.6) is 0 Å². The van der Waals surface area contributed by atoms with Gasteiger partial charge in [0.05, 0.1) is 6.04 Å². The predicted octanol–water partition coefficient (Wildman–Crippen LogP) is 4.42. The summed E-state index contributed by atoms with van der Waals surface area (Å²) in [5.74, 6) is 0.623. The van der Waals surface area contributed by atoms with E-state index in [-0.39, 0.29) is 11.9 Å². The molecule has 0 bridgehead atoms. The first kappa shape index (κ1) is 21.1. The summed E-state index contributed by atoms with van der Waals surface area (Å²) in [4.78, 5) is 15.3. The maximum Gasteiger partial charge on any atom is 0.221 e. The summed E-state index contributed by atoms with van der Waals surface area (Å²) in [5.41, 5.74) is 2.92. The zero-order valence-corrected chi connectivity index (χ0v) is 17.2. The van der Waals surface area contributed by atoms with E-state index in [1.807, 2.05) is 43.3 Å². The smallest absolute Gasteiger partial charge is 0.221 e. The van der Waals surface area contributed by atoms with E-state index in [4.69, 9.17) is 23.2 Å². The normalized spacial score (nSPS) is 12.4. The van der Waals surface area contributed by atoms with Gasteiger partial charge in [-0.2, -0.15) is 0 Å². The van der Waals surface area contributed by atoms with Gasteiger partial charge in [0.15, 0.2) is 5.96 Å². The summed E-state index contributed by atoms with van der Waals surface area (Å²) in [6.07, 6.45) is 0.830. The van der Waals surface area contributed by atoms with Crippen LogP contribution in [0.25, 0.3) is 0 Å². The van der Waals surface area contributed by atoms with Gasteiger partial charge in [0.2, 0.25) is 5.91 Å². The van der Waals surface area contributed by atoms with Crippen LogP contribution in [-0.2, 0) is 11.2 Å². The highest BCUT2D eigenvalue weighted by molar-refractivity contribution is 6.35. The second kappa shape index (κ2) is 10.2. The van der Waals surface area contributed by atoms with Crippen LogP contribution in [0.4, 0.5) is 5.69 Å². The lowest BCUT2D eigenvalue weighted by molar-refractivity contribution is -0.114. The molecule has 1 atom stereocenters. The Morgan fingerprint density at radius 2 is 1.85 bits per heavy atom. The van der Waals surface area contributed by atoms with Gasteiger partial charge in [0, 0.05) is 36.2 Å². The van der Waals surface area contributed by atoms with E-state index >= 15 is 0 Å². The number of hydrogen-bond donors (Lipinski definition) is 3. The van der Waals surface area contributed by atoms with Crippen LogP contribution in [0.3, 0.4) is 0 Å². The molecule has 2 aromatic carbocycles. The van der Waals surface area contributed by atoms with Crippen LogP contribution in [0, 0.1) is 0 Å². The molecule has 0 fully saturated rings. The lowest BCUT2D eigenvalue weighted by Crippen LogP contribution is -2.39. The quantitative estimate of drug-likeness (QED) is 0.491. The third-order valence-electron chi connectivity index (χ3n) is 3.99. The zero-order chi connectivity index (χ0) is 19.8. The van der Waals surface area contributed by atoms with E-state index in [2.05, 4.69) is 20.9 Å². The summed E-state index contributed by atoms with van der Waals surface area (Å²) in [6, 6.07) is 13.2. The monoisotopic (exact) mass is 406 g/mol. The van der Waals surface area contributed by atoms with Crippen LogP contribution in [-0.4, -0.2) is 25.5 Å². The van der Waals surface area contributed by atoms with Crippen LogP contribution in [0.2, 0.25) is 10.0 Å². The highest BCUT2D eigenvalue weighted by atomic mass is 35.5. The molecule has 2 rings (SSSR count). The predicted molar refractivity (Wildman–Crippen MR) is 114 cm³/mol. The number of halogens is 2. The maximum absolute atomic E-state index is 11.1. The highest BCUT2D eigenvalue weighted by Crippen LogP contribution is 2.25. The number of nitrogens with zero attached hydrogens (tertiary/aromatic N) is 1. The number of amides is 1. The molecule has 0 aromatic heterocycles. The number of nitrogens with one attached hydrogen (secondary N) is 3. The van der Waals surface area contributed by atoms with Gasteiger partial charge in [-0.15, -0.1) is 0 Å². The molecule has 0 aliphatic heterocycles. The molecule has 27 heavy (non-hydrogen) atoms. The molecular weight excluding hydrogens is 383 g/mol. The molecule has 0 heterocycles. The summed E-state index contributed by atoms with van der Waals surface area (Å²) in [7, 11) is 1.73. The first-order chi connectivity index (χ1) is 12.9. The minimum atomic E-state index is -0.0748. The highest BCUT2D eigenvalue weighted by Gasteiger charge is 2.11. The largest absolute Gasteiger partial charge is 0.356 e. The number of aliphatic imine (C=N–C) groups is 1. The van der Waals surface area contributed by atoms with Crippen molar-refractivity contribution in [3.05, 3.63) is 63.6 Å². The van der Waals surface area contributed by atoms with Crippen molar-refractivity contribution >= 4 is 40.8 Å². The number of guanidine groups is 1. The van der Waals surface area contributed by atoms with Crippen molar-refractivity contribution in [2.75, 3.05) is 18.9 Å². The van der Waals surface area contributed by atoms with Gasteiger partial charge >= 0.3 is 0 Å². The Morgan fingerprint density at radius 3 is 2.44 bits per heavy atom. The van der Waals surface area contributed by atoms with Crippen LogP contribution < -0.4 is 16.0 Å². The number of rotatable bonds is 6. The number of carbonyl (C=O) groups is 1. The molecule has 5 nitrogen and oxygen atoms in total. The Labute approximate surface area is 170 Å². The molecule has 2 aromatic rings. The summed E-state index contributed by atoms with van der Waals surface area (Å²) >= 11 is 12.2. The Bertz CT molecular complexity index is 806. The van der Waals surface area contributed by atoms with Crippen molar-refractivity contribution < 1.29 is 4.79 Å². The Kier molecular flexibility index (Phi) is 7.95. The second-order valence-corrected chi connectivity index (χ2v) is 7.00. The molecule has 144 valence electrons. The lowest BCUT2D eigenvalue weighted by Gasteiger charge is -2.19. The third-order valence-corrected chi connectivity index (χ3v) is 4.55. The first-order valence-corrected chi connectivity index (χ1v) is 9.43. The van der Waals surface area contributed by atoms with Crippen LogP contribution in [0.15, 0.2) is 47.5 Å². The molecule has 3 N–H and O–H groups in total. The minimum Gasteiger partial charge on any atom is -0.356 e. The van der Waals surface area contributed by atoms with Crippen molar-refractivity contribution in [2.24, 2.45) is 4.99 Å².